The molecule has 0 aliphatic rings. The second-order valence-corrected chi connectivity index (χ2v) is 4.84. The van der Waals surface area contributed by atoms with E-state index in [2.05, 4.69) is 15.9 Å². The molecule has 0 heterocycles. The summed E-state index contributed by atoms with van der Waals surface area (Å²) in [5, 5.41) is 18.8. The molecule has 2 aromatic carbocycles. The van der Waals surface area contributed by atoms with Crippen LogP contribution in [0.1, 0.15) is 18.8 Å². The van der Waals surface area contributed by atoms with Crippen LogP contribution in [0.3, 0.4) is 0 Å². The third kappa shape index (κ3) is 2.90. The highest BCUT2D eigenvalue weighted by molar-refractivity contribution is 9.10. The lowest BCUT2D eigenvalue weighted by Gasteiger charge is -2.04. The summed E-state index contributed by atoms with van der Waals surface area (Å²) in [6.45, 7) is 0. The summed E-state index contributed by atoms with van der Waals surface area (Å²) in [6.07, 6.45) is 0.214. The number of halogens is 1. The number of Topliss-reactive ketones (excluding diaryl/α,β-unsaturated/α-hetero) is 1. The van der Waals surface area contributed by atoms with Crippen LogP contribution in [-0.2, 0) is 6.42 Å². The number of carbonyl (C=O) groups excluding carboxylic acids is 1. The number of hydrogen-bond acceptors (Lipinski definition) is 3. The summed E-state index contributed by atoms with van der Waals surface area (Å²) in [5.41, 5.74) is 1.09. The Bertz CT molecular complexity index is 585. The van der Waals surface area contributed by atoms with E-state index in [1.54, 1.807) is 0 Å². The van der Waals surface area contributed by atoms with E-state index in [1.165, 1.54) is 12.1 Å². The van der Waals surface area contributed by atoms with Crippen LogP contribution in [0, 0.1) is 0 Å². The minimum Gasteiger partial charge on any atom is -0.508 e. The summed E-state index contributed by atoms with van der Waals surface area (Å²) in [6, 6.07) is 11.4. The predicted octanol–water partition coefficient (Wildman–Crippen LogP) is 3.78. The summed E-state index contributed by atoms with van der Waals surface area (Å²) >= 11 is 3.32. The average molecular weight is 311 g/mol. The number of benzene rings is 2. The van der Waals surface area contributed by atoms with E-state index in [0.717, 1.165) is 16.1 Å². The molecule has 0 bridgehead atoms. The normalized spacial score (nSPS) is 10.3. The zero-order valence-corrected chi connectivity index (χ0v) is 11.0. The smallest absolute Gasteiger partial charge is 0.170 e. The quantitative estimate of drug-likeness (QED) is 0.848. The second kappa shape index (κ2) is 5.23. The fourth-order valence-electron chi connectivity index (χ4n) is 1.64. The molecule has 2 aromatic rings. The first kappa shape index (κ1) is 12.6. The van der Waals surface area contributed by atoms with Crippen molar-refractivity contribution >= 4 is 21.7 Å². The van der Waals surface area contributed by atoms with Gasteiger partial charge >= 0.3 is 0 Å². The first-order valence-electron chi connectivity index (χ1n) is 5.36. The van der Waals surface area contributed by atoms with Gasteiger partial charge in [0.05, 0.1) is 5.56 Å². The highest BCUT2D eigenvalue weighted by Gasteiger charge is 2.12. The van der Waals surface area contributed by atoms with Crippen molar-refractivity contribution in [3.63, 3.8) is 0 Å². The molecule has 4 heteroatoms. The van der Waals surface area contributed by atoms with Gasteiger partial charge in [-0.15, -0.1) is 0 Å². The third-order valence-electron chi connectivity index (χ3n) is 2.56. The van der Waals surface area contributed by atoms with E-state index in [-0.39, 0.29) is 32.1 Å². The fourth-order valence-corrected chi connectivity index (χ4v) is 1.90. The Morgan fingerprint density at radius 2 is 1.78 bits per heavy atom. The molecule has 0 radical (unpaired) electrons. The summed E-state index contributed by atoms with van der Waals surface area (Å²) in [4.78, 5) is 12.0. The summed E-state index contributed by atoms with van der Waals surface area (Å²) in [5.74, 6) is -0.445. The summed E-state index contributed by atoms with van der Waals surface area (Å²) < 4.78 is 0.950. The van der Waals surface area contributed by atoms with E-state index in [4.69, 9.17) is 5.11 Å². The zero-order chi connectivity index (χ0) is 13.1. The van der Waals surface area contributed by atoms with Crippen molar-refractivity contribution in [2.45, 2.75) is 6.42 Å². The Kier molecular flexibility index (Phi) is 3.67. The standard InChI is InChI=1S/C14H11BrO3.2H2/c15-10-3-1-9(2-4-10)7-13(17)12-6-5-11(16)8-14(12)18;;/h1-6,8,16,18H,7H2;2*1H. The van der Waals surface area contributed by atoms with Crippen LogP contribution in [0.15, 0.2) is 46.9 Å². The number of carbonyl (C=O) groups is 1. The minimum absolute atomic E-state index is 0. The molecular weight excluding hydrogens is 296 g/mol. The third-order valence-corrected chi connectivity index (χ3v) is 3.09. The molecule has 3 nitrogen and oxygen atoms in total. The number of rotatable bonds is 3. The van der Waals surface area contributed by atoms with Crippen molar-refractivity contribution in [3.8, 4) is 11.5 Å². The van der Waals surface area contributed by atoms with Gasteiger partial charge in [0, 0.05) is 19.8 Å². The minimum atomic E-state index is -0.197. The van der Waals surface area contributed by atoms with Crippen LogP contribution in [0.4, 0.5) is 0 Å². The Morgan fingerprint density at radius 1 is 1.11 bits per heavy atom. The van der Waals surface area contributed by atoms with E-state index in [1.807, 2.05) is 24.3 Å². The number of phenolic OH excluding ortho intramolecular Hbond substituents is 2. The molecule has 0 aromatic heterocycles. The van der Waals surface area contributed by atoms with Crippen molar-refractivity contribution < 1.29 is 17.9 Å². The number of aromatic hydroxyl groups is 2. The van der Waals surface area contributed by atoms with Gasteiger partial charge in [-0.3, -0.25) is 4.79 Å². The number of hydrogen-bond donors (Lipinski definition) is 2. The monoisotopic (exact) mass is 310 g/mol. The predicted molar refractivity (Wildman–Crippen MR) is 76.2 cm³/mol. The maximum Gasteiger partial charge on any atom is 0.170 e. The van der Waals surface area contributed by atoms with E-state index < -0.39 is 0 Å². The van der Waals surface area contributed by atoms with Gasteiger partial charge < -0.3 is 10.2 Å². The fraction of sp³-hybridized carbons (Fsp3) is 0.0714. The molecule has 0 saturated heterocycles. The van der Waals surface area contributed by atoms with Gasteiger partial charge in [0.25, 0.3) is 0 Å². The lowest BCUT2D eigenvalue weighted by atomic mass is 10.0. The molecule has 0 unspecified atom stereocenters. The van der Waals surface area contributed by atoms with Crippen molar-refractivity contribution in [1.29, 1.82) is 0 Å². The molecular formula is C14H15BrO3. The number of ketones is 1. The molecule has 0 aliphatic carbocycles. The Morgan fingerprint density at radius 3 is 2.39 bits per heavy atom. The molecule has 2 N–H and O–H groups in total. The maximum atomic E-state index is 12.0. The van der Waals surface area contributed by atoms with Crippen molar-refractivity contribution in [2.75, 3.05) is 0 Å². The van der Waals surface area contributed by atoms with Gasteiger partial charge in [0.15, 0.2) is 5.78 Å². The van der Waals surface area contributed by atoms with Gasteiger partial charge in [-0.1, -0.05) is 28.1 Å². The second-order valence-electron chi connectivity index (χ2n) is 3.93. The van der Waals surface area contributed by atoms with Gasteiger partial charge in [-0.05, 0) is 29.8 Å². The Labute approximate surface area is 116 Å². The first-order valence-corrected chi connectivity index (χ1v) is 6.15. The van der Waals surface area contributed by atoms with Crippen LogP contribution in [-0.4, -0.2) is 16.0 Å². The summed E-state index contributed by atoms with van der Waals surface area (Å²) in [7, 11) is 0. The Hall–Kier alpha value is -1.81. The highest BCUT2D eigenvalue weighted by atomic mass is 79.9. The van der Waals surface area contributed by atoms with Crippen LogP contribution in [0.5, 0.6) is 11.5 Å². The molecule has 0 spiro atoms. The van der Waals surface area contributed by atoms with Crippen molar-refractivity contribution in [3.05, 3.63) is 58.1 Å². The van der Waals surface area contributed by atoms with Crippen molar-refractivity contribution in [1.82, 2.24) is 0 Å². The van der Waals surface area contributed by atoms with Crippen LogP contribution < -0.4 is 0 Å². The topological polar surface area (TPSA) is 57.5 Å². The zero-order valence-electron chi connectivity index (χ0n) is 9.43. The maximum absolute atomic E-state index is 12.0. The van der Waals surface area contributed by atoms with Crippen LogP contribution in [0.25, 0.3) is 0 Å². The van der Waals surface area contributed by atoms with Gasteiger partial charge in [-0.25, -0.2) is 0 Å². The van der Waals surface area contributed by atoms with Crippen LogP contribution >= 0.6 is 15.9 Å². The Balaban J connectivity index is 0.00000180. The molecule has 18 heavy (non-hydrogen) atoms. The van der Waals surface area contributed by atoms with Gasteiger partial charge in [0.2, 0.25) is 0 Å². The van der Waals surface area contributed by atoms with Gasteiger partial charge in [-0.2, -0.15) is 0 Å². The molecule has 0 saturated carbocycles. The van der Waals surface area contributed by atoms with E-state index >= 15 is 0 Å². The molecule has 0 atom stereocenters. The van der Waals surface area contributed by atoms with E-state index in [9.17, 15) is 9.90 Å². The molecule has 0 aliphatic heterocycles. The lowest BCUT2D eigenvalue weighted by Crippen LogP contribution is -2.03. The first-order chi connectivity index (χ1) is 8.56. The molecule has 96 valence electrons. The van der Waals surface area contributed by atoms with Gasteiger partial charge in [0.1, 0.15) is 11.5 Å². The molecule has 0 amide bonds. The number of phenols is 2. The van der Waals surface area contributed by atoms with Crippen molar-refractivity contribution in [2.24, 2.45) is 0 Å². The molecule has 2 rings (SSSR count). The lowest BCUT2D eigenvalue weighted by molar-refractivity contribution is 0.0990. The van der Waals surface area contributed by atoms with Crippen LogP contribution in [0.2, 0.25) is 0 Å². The largest absolute Gasteiger partial charge is 0.508 e. The SMILES string of the molecule is O=C(Cc1ccc(Br)cc1)c1ccc(O)cc1O.[HH].[HH]. The highest BCUT2D eigenvalue weighted by Crippen LogP contribution is 2.24. The average Bonchev–Trinajstić information content (AvgIpc) is 2.32. The molecule has 0 fully saturated rings. The van der Waals surface area contributed by atoms with E-state index in [0.29, 0.717) is 0 Å².